The Morgan fingerprint density at radius 3 is 2.74 bits per heavy atom. The van der Waals surface area contributed by atoms with Crippen molar-refractivity contribution in [2.45, 2.75) is 31.2 Å². The Balaban J connectivity index is 1.58. The molecule has 136 valence electrons. The van der Waals surface area contributed by atoms with Gasteiger partial charge in [0.1, 0.15) is 6.54 Å². The van der Waals surface area contributed by atoms with Crippen LogP contribution in [-0.2, 0) is 6.54 Å². The van der Waals surface area contributed by atoms with Gasteiger partial charge in [-0.3, -0.25) is 9.36 Å². The molecule has 0 aliphatic rings. The lowest BCUT2D eigenvalue weighted by Gasteiger charge is -2.07. The lowest BCUT2D eigenvalue weighted by molar-refractivity contribution is -0.672. The molecule has 3 nitrogen and oxygen atoms in total. The molecule has 2 aromatic heterocycles. The Hall–Kier alpha value is -2.59. The molecule has 0 radical (unpaired) electrons. The molecule has 0 amide bonds. The van der Waals surface area contributed by atoms with Gasteiger partial charge in [0.25, 0.3) is 0 Å². The maximum atomic E-state index is 12.8. The van der Waals surface area contributed by atoms with E-state index in [1.54, 1.807) is 16.3 Å². The van der Waals surface area contributed by atoms with Gasteiger partial charge in [-0.2, -0.15) is 4.57 Å². The number of thioether (sulfide) groups is 1. The number of carbonyl (C=O) groups excluding carboxylic acids is 1. The fraction of sp³-hybridized carbons (Fsp3) is 0.217. The molecule has 0 spiro atoms. The summed E-state index contributed by atoms with van der Waals surface area (Å²) in [4.78, 5) is 13.9. The van der Waals surface area contributed by atoms with Crippen molar-refractivity contribution in [2.24, 2.45) is 0 Å². The number of benzene rings is 2. The monoisotopic (exact) mass is 375 g/mol. The van der Waals surface area contributed by atoms with Crippen molar-refractivity contribution < 1.29 is 9.36 Å². The number of hydrogen-bond acceptors (Lipinski definition) is 2. The van der Waals surface area contributed by atoms with E-state index in [0.29, 0.717) is 5.75 Å². The molecule has 0 aliphatic heterocycles. The van der Waals surface area contributed by atoms with E-state index in [2.05, 4.69) is 48.0 Å². The summed E-state index contributed by atoms with van der Waals surface area (Å²) >= 11 is 1.61. The van der Waals surface area contributed by atoms with Crippen LogP contribution in [0.3, 0.4) is 0 Å². The minimum atomic E-state index is 0.105. The largest absolute Gasteiger partial charge is 0.287 e. The number of aromatic nitrogens is 2. The van der Waals surface area contributed by atoms with Crippen molar-refractivity contribution in [1.82, 2.24) is 4.57 Å². The van der Waals surface area contributed by atoms with Gasteiger partial charge in [-0.05, 0) is 18.2 Å². The van der Waals surface area contributed by atoms with Crippen LogP contribution in [-0.4, -0.2) is 16.2 Å². The van der Waals surface area contributed by atoms with Crippen LogP contribution in [0, 0.1) is 0 Å². The number of rotatable bonds is 6. The highest BCUT2D eigenvalue weighted by Gasteiger charge is 2.14. The number of aryl methyl sites for hydroxylation is 1. The average Bonchev–Trinajstić information content (AvgIpc) is 3.15. The van der Waals surface area contributed by atoms with Crippen LogP contribution in [0.2, 0.25) is 0 Å². The van der Waals surface area contributed by atoms with Gasteiger partial charge in [0.15, 0.2) is 6.20 Å². The van der Waals surface area contributed by atoms with E-state index in [0.717, 1.165) is 22.3 Å². The van der Waals surface area contributed by atoms with Crippen molar-refractivity contribution in [2.75, 3.05) is 5.75 Å². The highest BCUT2D eigenvalue weighted by atomic mass is 32.2. The van der Waals surface area contributed by atoms with E-state index in [1.165, 1.54) is 23.7 Å². The zero-order valence-corrected chi connectivity index (χ0v) is 16.3. The van der Waals surface area contributed by atoms with Gasteiger partial charge in [-0.25, -0.2) is 0 Å². The van der Waals surface area contributed by atoms with E-state index in [4.69, 9.17) is 0 Å². The molecule has 4 heteroatoms. The fourth-order valence-corrected chi connectivity index (χ4v) is 4.32. The Bertz CT molecular complexity index is 1100. The minimum absolute atomic E-state index is 0.105. The van der Waals surface area contributed by atoms with E-state index in [-0.39, 0.29) is 5.91 Å². The van der Waals surface area contributed by atoms with Gasteiger partial charge < -0.3 is 0 Å². The smallest absolute Gasteiger partial charge is 0.241 e. The van der Waals surface area contributed by atoms with Crippen molar-refractivity contribution in [3.8, 4) is 0 Å². The van der Waals surface area contributed by atoms with E-state index < -0.39 is 0 Å². The van der Waals surface area contributed by atoms with Crippen LogP contribution in [0.5, 0.6) is 0 Å². The molecule has 27 heavy (non-hydrogen) atoms. The third-order valence-electron chi connectivity index (χ3n) is 4.86. The number of nitrogens with zero attached hydrogens (tertiary/aromatic N) is 2. The topological polar surface area (TPSA) is 25.9 Å². The van der Waals surface area contributed by atoms with Crippen LogP contribution < -0.4 is 4.57 Å². The van der Waals surface area contributed by atoms with Gasteiger partial charge in [0.05, 0.1) is 16.7 Å². The zero-order chi connectivity index (χ0) is 18.6. The Morgan fingerprint density at radius 1 is 1.04 bits per heavy atom. The SMILES string of the molecule is CCCC[n+]1ccc(SCC(=O)n2ccc3ccccc32)c2ccccc21. The highest BCUT2D eigenvalue weighted by molar-refractivity contribution is 8.00. The van der Waals surface area contributed by atoms with Crippen molar-refractivity contribution >= 4 is 39.5 Å². The predicted octanol–water partition coefficient (Wildman–Crippen LogP) is 5.31. The second-order valence-electron chi connectivity index (χ2n) is 6.67. The number of para-hydroxylation sites is 2. The van der Waals surface area contributed by atoms with Crippen molar-refractivity contribution in [3.05, 3.63) is 73.1 Å². The summed E-state index contributed by atoms with van der Waals surface area (Å²) in [6, 6.07) is 20.6. The predicted molar refractivity (Wildman–Crippen MR) is 112 cm³/mol. The summed E-state index contributed by atoms with van der Waals surface area (Å²) in [5, 5.41) is 2.31. The molecular formula is C23H23N2OS+. The minimum Gasteiger partial charge on any atom is -0.287 e. The molecule has 0 saturated heterocycles. The van der Waals surface area contributed by atoms with Gasteiger partial charge >= 0.3 is 0 Å². The molecule has 0 N–H and O–H groups in total. The Kier molecular flexibility index (Phi) is 5.26. The van der Waals surface area contributed by atoms with Crippen molar-refractivity contribution in [3.63, 3.8) is 0 Å². The van der Waals surface area contributed by atoms with Gasteiger partial charge in [0, 0.05) is 35.0 Å². The zero-order valence-electron chi connectivity index (χ0n) is 15.5. The number of pyridine rings is 1. The summed E-state index contributed by atoms with van der Waals surface area (Å²) in [5.74, 6) is 0.523. The number of unbranched alkanes of at least 4 members (excludes halogenated alkanes) is 1. The Labute approximate surface area is 163 Å². The van der Waals surface area contributed by atoms with E-state index >= 15 is 0 Å². The number of carbonyl (C=O) groups is 1. The first-order valence-electron chi connectivity index (χ1n) is 9.41. The second kappa shape index (κ2) is 7.97. The summed E-state index contributed by atoms with van der Waals surface area (Å²) < 4.78 is 4.07. The molecule has 0 saturated carbocycles. The maximum Gasteiger partial charge on any atom is 0.241 e. The summed E-state index contributed by atoms with van der Waals surface area (Å²) in [6.07, 6.45) is 6.36. The lowest BCUT2D eigenvalue weighted by atomic mass is 10.2. The highest BCUT2D eigenvalue weighted by Crippen LogP contribution is 2.26. The molecule has 2 aromatic carbocycles. The normalized spacial score (nSPS) is 11.3. The average molecular weight is 376 g/mol. The molecule has 0 aliphatic carbocycles. The van der Waals surface area contributed by atoms with Gasteiger partial charge in [-0.1, -0.05) is 43.7 Å². The van der Waals surface area contributed by atoms with Crippen LogP contribution >= 0.6 is 11.8 Å². The fourth-order valence-electron chi connectivity index (χ4n) is 3.42. The number of hydrogen-bond donors (Lipinski definition) is 0. The first kappa shape index (κ1) is 17.8. The molecule has 2 heterocycles. The molecule has 0 fully saturated rings. The van der Waals surface area contributed by atoms with E-state index in [9.17, 15) is 4.79 Å². The number of fused-ring (bicyclic) bond motifs is 2. The standard InChI is InChI=1S/C23H23N2OS/c1-2-3-14-24-15-13-22(19-9-5-7-11-21(19)24)27-17-23(26)25-16-12-18-8-4-6-10-20(18)25/h4-13,15-16H,2-3,14,17H2,1H3/q+1. The lowest BCUT2D eigenvalue weighted by Crippen LogP contribution is -2.34. The molecule has 4 aromatic rings. The van der Waals surface area contributed by atoms with E-state index in [1.807, 2.05) is 36.5 Å². The quantitative estimate of drug-likeness (QED) is 0.337. The van der Waals surface area contributed by atoms with Gasteiger partial charge in [0.2, 0.25) is 11.4 Å². The third-order valence-corrected chi connectivity index (χ3v) is 5.91. The summed E-state index contributed by atoms with van der Waals surface area (Å²) in [6.45, 7) is 3.24. The summed E-state index contributed by atoms with van der Waals surface area (Å²) in [7, 11) is 0. The van der Waals surface area contributed by atoms with Crippen LogP contribution in [0.25, 0.3) is 21.8 Å². The van der Waals surface area contributed by atoms with Gasteiger partial charge in [-0.15, -0.1) is 11.8 Å². The summed E-state index contributed by atoms with van der Waals surface area (Å²) in [5.41, 5.74) is 2.20. The van der Waals surface area contributed by atoms with Crippen LogP contribution in [0.1, 0.15) is 24.6 Å². The molecule has 0 atom stereocenters. The molecule has 4 rings (SSSR count). The molecule has 0 unspecified atom stereocenters. The third kappa shape index (κ3) is 3.62. The molecular weight excluding hydrogens is 352 g/mol. The van der Waals surface area contributed by atoms with Crippen LogP contribution in [0.4, 0.5) is 0 Å². The Morgan fingerprint density at radius 2 is 1.85 bits per heavy atom. The first-order chi connectivity index (χ1) is 13.3. The first-order valence-corrected chi connectivity index (χ1v) is 10.4. The maximum absolute atomic E-state index is 12.8. The second-order valence-corrected chi connectivity index (χ2v) is 7.69. The molecule has 0 bridgehead atoms. The van der Waals surface area contributed by atoms with Crippen LogP contribution in [0.15, 0.2) is 78.0 Å². The van der Waals surface area contributed by atoms with Crippen molar-refractivity contribution in [1.29, 1.82) is 0 Å².